The van der Waals surface area contributed by atoms with Gasteiger partial charge in [-0.05, 0) is 37.6 Å². The Labute approximate surface area is 178 Å². The maximum Gasteiger partial charge on any atom is 0.234 e. The lowest BCUT2D eigenvalue weighted by atomic mass is 10.1. The van der Waals surface area contributed by atoms with Gasteiger partial charge in [0.15, 0.2) is 0 Å². The van der Waals surface area contributed by atoms with Gasteiger partial charge in [-0.1, -0.05) is 6.92 Å². The largest absolute Gasteiger partial charge is 0.497 e. The summed E-state index contributed by atoms with van der Waals surface area (Å²) >= 11 is 0. The van der Waals surface area contributed by atoms with E-state index in [2.05, 4.69) is 10.2 Å². The van der Waals surface area contributed by atoms with Gasteiger partial charge in [0.1, 0.15) is 5.75 Å². The van der Waals surface area contributed by atoms with Crippen LogP contribution >= 0.6 is 0 Å². The van der Waals surface area contributed by atoms with E-state index < -0.39 is 0 Å². The molecule has 164 valence electrons. The highest BCUT2D eigenvalue weighted by atomic mass is 16.5. The summed E-state index contributed by atoms with van der Waals surface area (Å²) in [5.74, 6) is 0.441. The summed E-state index contributed by atoms with van der Waals surface area (Å²) in [5, 5.41) is 2.98. The van der Waals surface area contributed by atoms with E-state index in [1.165, 1.54) is 0 Å². The molecule has 2 saturated heterocycles. The van der Waals surface area contributed by atoms with Crippen LogP contribution in [0.5, 0.6) is 5.75 Å². The monoisotopic (exact) mass is 416 g/mol. The zero-order valence-electron chi connectivity index (χ0n) is 18.1. The molecule has 8 nitrogen and oxygen atoms in total. The SMILES string of the molecule is CC[C@@H](C)NC(=O)CN1CCN(C(=O)[C@H]2CC(=O)N(c3ccc(OC)cc3)C2)CC1. The Kier molecular flexibility index (Phi) is 7.31. The van der Waals surface area contributed by atoms with Crippen LogP contribution in [0.4, 0.5) is 5.69 Å². The van der Waals surface area contributed by atoms with Crippen molar-refractivity contribution < 1.29 is 19.1 Å². The maximum absolute atomic E-state index is 13.0. The van der Waals surface area contributed by atoms with Crippen LogP contribution in [0, 0.1) is 5.92 Å². The van der Waals surface area contributed by atoms with Crippen molar-refractivity contribution in [3.8, 4) is 5.75 Å². The van der Waals surface area contributed by atoms with Gasteiger partial charge in [0.25, 0.3) is 0 Å². The second kappa shape index (κ2) is 9.93. The zero-order chi connectivity index (χ0) is 21.7. The molecular weight excluding hydrogens is 384 g/mol. The number of carbonyl (C=O) groups is 3. The Morgan fingerprint density at radius 1 is 1.17 bits per heavy atom. The molecule has 2 heterocycles. The van der Waals surface area contributed by atoms with Gasteiger partial charge in [0.05, 0.1) is 19.6 Å². The standard InChI is InChI=1S/C22H32N4O4/c1-4-16(2)23-20(27)15-24-9-11-25(12-10-24)22(29)17-13-21(28)26(14-17)18-5-7-19(30-3)8-6-18/h5-8,16-17H,4,9-15H2,1-3H3,(H,23,27)/t16-,17+/m1/s1. The summed E-state index contributed by atoms with van der Waals surface area (Å²) in [6.07, 6.45) is 1.14. The number of hydrogen-bond donors (Lipinski definition) is 1. The number of ether oxygens (including phenoxy) is 1. The predicted octanol–water partition coefficient (Wildman–Crippen LogP) is 1.11. The molecule has 2 aliphatic rings. The van der Waals surface area contributed by atoms with Gasteiger partial charge in [-0.2, -0.15) is 0 Å². The number of anilines is 1. The van der Waals surface area contributed by atoms with E-state index in [-0.39, 0.29) is 36.1 Å². The second-order valence-electron chi connectivity index (χ2n) is 8.08. The Balaban J connectivity index is 1.49. The van der Waals surface area contributed by atoms with Gasteiger partial charge in [-0.15, -0.1) is 0 Å². The van der Waals surface area contributed by atoms with Crippen LogP contribution in [0.3, 0.4) is 0 Å². The Hall–Kier alpha value is -2.61. The summed E-state index contributed by atoms with van der Waals surface area (Å²) in [6, 6.07) is 7.48. The minimum atomic E-state index is -0.320. The molecule has 0 unspecified atom stereocenters. The fourth-order valence-electron chi connectivity index (χ4n) is 3.89. The summed E-state index contributed by atoms with van der Waals surface area (Å²) < 4.78 is 5.16. The van der Waals surface area contributed by atoms with Crippen LogP contribution in [0.25, 0.3) is 0 Å². The molecule has 8 heteroatoms. The van der Waals surface area contributed by atoms with Crippen LogP contribution in [-0.4, -0.2) is 79.9 Å². The number of hydrogen-bond acceptors (Lipinski definition) is 5. The van der Waals surface area contributed by atoms with E-state index in [9.17, 15) is 14.4 Å². The van der Waals surface area contributed by atoms with E-state index >= 15 is 0 Å². The first-order valence-electron chi connectivity index (χ1n) is 10.7. The minimum absolute atomic E-state index is 0.0284. The number of nitrogens with one attached hydrogen (secondary N) is 1. The average molecular weight is 417 g/mol. The van der Waals surface area contributed by atoms with E-state index in [0.29, 0.717) is 39.3 Å². The number of amides is 3. The van der Waals surface area contributed by atoms with Crippen LogP contribution in [-0.2, 0) is 14.4 Å². The molecular formula is C22H32N4O4. The fourth-order valence-corrected chi connectivity index (χ4v) is 3.89. The van der Waals surface area contributed by atoms with E-state index in [4.69, 9.17) is 4.74 Å². The van der Waals surface area contributed by atoms with Crippen LogP contribution in [0.2, 0.25) is 0 Å². The predicted molar refractivity (Wildman–Crippen MR) is 114 cm³/mol. The molecule has 0 spiro atoms. The van der Waals surface area contributed by atoms with Gasteiger partial charge < -0.3 is 19.9 Å². The maximum atomic E-state index is 13.0. The molecule has 0 aliphatic carbocycles. The summed E-state index contributed by atoms with van der Waals surface area (Å²) in [4.78, 5) is 43.1. The molecule has 0 radical (unpaired) electrons. The Morgan fingerprint density at radius 3 is 2.43 bits per heavy atom. The minimum Gasteiger partial charge on any atom is -0.497 e. The Morgan fingerprint density at radius 2 is 1.83 bits per heavy atom. The lowest BCUT2D eigenvalue weighted by Gasteiger charge is -2.35. The number of piperazine rings is 1. The molecule has 2 aliphatic heterocycles. The third-order valence-electron chi connectivity index (χ3n) is 5.93. The van der Waals surface area contributed by atoms with E-state index in [1.807, 2.05) is 43.0 Å². The van der Waals surface area contributed by atoms with Gasteiger partial charge in [0, 0.05) is 50.9 Å². The molecule has 1 aromatic carbocycles. The first-order valence-corrected chi connectivity index (χ1v) is 10.7. The third kappa shape index (κ3) is 5.30. The lowest BCUT2D eigenvalue weighted by molar-refractivity contribution is -0.137. The van der Waals surface area contributed by atoms with Crippen LogP contribution in [0.15, 0.2) is 24.3 Å². The zero-order valence-corrected chi connectivity index (χ0v) is 18.1. The van der Waals surface area contributed by atoms with Crippen LogP contribution in [0.1, 0.15) is 26.7 Å². The van der Waals surface area contributed by atoms with E-state index in [1.54, 1.807) is 12.0 Å². The number of rotatable bonds is 7. The average Bonchev–Trinajstić information content (AvgIpc) is 3.15. The molecule has 3 amide bonds. The van der Waals surface area contributed by atoms with Gasteiger partial charge in [-0.3, -0.25) is 19.3 Å². The second-order valence-corrected chi connectivity index (χ2v) is 8.08. The van der Waals surface area contributed by atoms with Crippen molar-refractivity contribution in [3.05, 3.63) is 24.3 Å². The van der Waals surface area contributed by atoms with Crippen molar-refractivity contribution in [2.24, 2.45) is 5.92 Å². The molecule has 1 aromatic rings. The lowest BCUT2D eigenvalue weighted by Crippen LogP contribution is -2.53. The third-order valence-corrected chi connectivity index (χ3v) is 5.93. The van der Waals surface area contributed by atoms with Gasteiger partial charge in [0.2, 0.25) is 17.7 Å². The molecule has 30 heavy (non-hydrogen) atoms. The van der Waals surface area contributed by atoms with Crippen molar-refractivity contribution in [1.29, 1.82) is 0 Å². The molecule has 0 aromatic heterocycles. The first-order chi connectivity index (χ1) is 14.4. The summed E-state index contributed by atoms with van der Waals surface area (Å²) in [6.45, 7) is 7.31. The quantitative estimate of drug-likeness (QED) is 0.720. The van der Waals surface area contributed by atoms with Crippen molar-refractivity contribution in [3.63, 3.8) is 0 Å². The Bertz CT molecular complexity index is 759. The molecule has 0 bridgehead atoms. The fraction of sp³-hybridized carbons (Fsp3) is 0.591. The topological polar surface area (TPSA) is 82.2 Å². The van der Waals surface area contributed by atoms with E-state index in [0.717, 1.165) is 17.9 Å². The molecule has 1 N–H and O–H groups in total. The van der Waals surface area contributed by atoms with Crippen LogP contribution < -0.4 is 15.0 Å². The first kappa shape index (κ1) is 22.1. The highest BCUT2D eigenvalue weighted by Crippen LogP contribution is 2.28. The van der Waals surface area contributed by atoms with Crippen molar-refractivity contribution in [2.75, 3.05) is 51.3 Å². The highest BCUT2D eigenvalue weighted by Gasteiger charge is 2.38. The van der Waals surface area contributed by atoms with Crippen molar-refractivity contribution in [2.45, 2.75) is 32.7 Å². The molecule has 2 atom stereocenters. The van der Waals surface area contributed by atoms with Crippen molar-refractivity contribution in [1.82, 2.24) is 15.1 Å². The van der Waals surface area contributed by atoms with Gasteiger partial charge >= 0.3 is 0 Å². The number of carbonyl (C=O) groups excluding carboxylic acids is 3. The highest BCUT2D eigenvalue weighted by molar-refractivity contribution is 6.00. The van der Waals surface area contributed by atoms with Gasteiger partial charge in [-0.25, -0.2) is 0 Å². The van der Waals surface area contributed by atoms with Crippen molar-refractivity contribution >= 4 is 23.4 Å². The molecule has 2 fully saturated rings. The molecule has 0 saturated carbocycles. The number of benzene rings is 1. The molecule has 3 rings (SSSR count). The smallest absolute Gasteiger partial charge is 0.234 e. The number of nitrogens with zero attached hydrogens (tertiary/aromatic N) is 3. The summed E-state index contributed by atoms with van der Waals surface area (Å²) in [5.41, 5.74) is 0.785. The number of methoxy groups -OCH3 is 1. The normalized spacial score (nSPS) is 20.9. The summed E-state index contributed by atoms with van der Waals surface area (Å²) in [7, 11) is 1.60.